The van der Waals surface area contributed by atoms with Gasteiger partial charge in [-0.3, -0.25) is 4.79 Å². The molecule has 252 valence electrons. The highest BCUT2D eigenvalue weighted by molar-refractivity contribution is 7.92. The van der Waals surface area contributed by atoms with Gasteiger partial charge in [0.1, 0.15) is 11.5 Å². The monoisotopic (exact) mass is 648 g/mol. The Kier molecular flexibility index (Phi) is 9.66. The van der Waals surface area contributed by atoms with E-state index in [1.165, 1.54) is 25.7 Å². The van der Waals surface area contributed by atoms with Crippen molar-refractivity contribution in [3.8, 4) is 11.1 Å². The van der Waals surface area contributed by atoms with E-state index in [2.05, 4.69) is 27.7 Å². The predicted octanol–water partition coefficient (Wildman–Crippen LogP) is 8.13. The summed E-state index contributed by atoms with van der Waals surface area (Å²) in [4.78, 5) is 13.1. The minimum atomic E-state index is -3.68. The van der Waals surface area contributed by atoms with Crippen molar-refractivity contribution in [2.24, 2.45) is 52.3 Å². The Morgan fingerprint density at radius 3 is 2.22 bits per heavy atom. The maximum atomic E-state index is 13.1. The van der Waals surface area contributed by atoms with Crippen molar-refractivity contribution in [3.63, 3.8) is 0 Å². The van der Waals surface area contributed by atoms with Crippen LogP contribution in [0.4, 0.5) is 0 Å². The van der Waals surface area contributed by atoms with Crippen molar-refractivity contribution < 1.29 is 23.4 Å². The molecule has 0 bridgehead atoms. The Morgan fingerprint density at radius 2 is 1.52 bits per heavy atom. The van der Waals surface area contributed by atoms with Gasteiger partial charge in [-0.1, -0.05) is 83.0 Å². The summed E-state index contributed by atoms with van der Waals surface area (Å²) in [5.74, 6) is 2.45. The van der Waals surface area contributed by atoms with Gasteiger partial charge in [-0.15, -0.1) is 0 Å². The Labute approximate surface area is 277 Å². The van der Waals surface area contributed by atoms with Crippen molar-refractivity contribution >= 4 is 15.6 Å². The number of fused-ring (bicyclic) bond motifs is 5. The van der Waals surface area contributed by atoms with Gasteiger partial charge in [-0.2, -0.15) is 0 Å². The van der Waals surface area contributed by atoms with Crippen molar-refractivity contribution in [2.75, 3.05) is 5.75 Å². The van der Waals surface area contributed by atoms with Gasteiger partial charge in [-0.25, -0.2) is 8.42 Å². The molecule has 4 aliphatic rings. The largest absolute Gasteiger partial charge is 0.393 e. The van der Waals surface area contributed by atoms with E-state index in [1.807, 2.05) is 42.5 Å². The Balaban J connectivity index is 1.05. The lowest BCUT2D eigenvalue weighted by Gasteiger charge is -2.64. The van der Waals surface area contributed by atoms with Crippen LogP contribution in [0.5, 0.6) is 0 Å². The molecule has 4 aliphatic carbocycles. The molecule has 0 amide bonds. The molecule has 4 saturated carbocycles. The van der Waals surface area contributed by atoms with E-state index in [4.69, 9.17) is 0 Å². The molecule has 0 saturated heterocycles. The molecule has 0 spiro atoms. The van der Waals surface area contributed by atoms with Crippen molar-refractivity contribution in [1.82, 2.24) is 0 Å². The summed E-state index contributed by atoms with van der Waals surface area (Å²) in [5, 5.41) is 22.5. The molecule has 6 rings (SSSR count). The SMILES string of the molecule is CC[C@H]1[C@@H](O)[C@@H]2[C@H](CC[C@]3(C)[C@@H]([C@H](C)CCCC(=O)CS(=O)(=O)c4ccc(-c5ccccc5)cc4)CC[C@@H]23)[C@@]2(C)CC[C@@H](O)C[C@@H]12. The number of carbonyl (C=O) groups excluding carboxylic acids is 1. The fourth-order valence-electron chi connectivity index (χ4n) is 11.6. The zero-order chi connectivity index (χ0) is 32.9. The van der Waals surface area contributed by atoms with Crippen LogP contribution in [0.2, 0.25) is 0 Å². The second-order valence-corrected chi connectivity index (χ2v) is 18.2. The van der Waals surface area contributed by atoms with E-state index >= 15 is 0 Å². The summed E-state index contributed by atoms with van der Waals surface area (Å²) in [6.45, 7) is 9.55. The van der Waals surface area contributed by atoms with Gasteiger partial charge in [0.25, 0.3) is 0 Å². The van der Waals surface area contributed by atoms with Crippen LogP contribution in [-0.4, -0.2) is 42.4 Å². The lowest BCUT2D eigenvalue weighted by atomic mass is 9.41. The molecule has 0 aromatic heterocycles. The van der Waals surface area contributed by atoms with E-state index in [0.29, 0.717) is 48.3 Å². The van der Waals surface area contributed by atoms with E-state index in [-0.39, 0.29) is 39.6 Å². The first kappa shape index (κ1) is 33.9. The average molecular weight is 649 g/mol. The third kappa shape index (κ3) is 6.05. The molecule has 11 atom stereocenters. The number of aliphatic hydroxyl groups excluding tert-OH is 2. The zero-order valence-electron chi connectivity index (χ0n) is 28.4. The van der Waals surface area contributed by atoms with Crippen LogP contribution < -0.4 is 0 Å². The van der Waals surface area contributed by atoms with E-state index in [9.17, 15) is 23.4 Å². The molecule has 0 radical (unpaired) electrons. The highest BCUT2D eigenvalue weighted by Gasteiger charge is 2.64. The van der Waals surface area contributed by atoms with Crippen molar-refractivity contribution in [3.05, 3.63) is 54.6 Å². The number of carbonyl (C=O) groups is 1. The normalized spacial score (nSPS) is 38.0. The van der Waals surface area contributed by atoms with Crippen LogP contribution in [0, 0.1) is 52.3 Å². The molecule has 5 nitrogen and oxygen atoms in total. The van der Waals surface area contributed by atoms with Gasteiger partial charge in [0.05, 0.1) is 17.1 Å². The number of ketones is 1. The van der Waals surface area contributed by atoms with Gasteiger partial charge >= 0.3 is 0 Å². The summed E-state index contributed by atoms with van der Waals surface area (Å²) in [6, 6.07) is 16.7. The van der Waals surface area contributed by atoms with Crippen LogP contribution in [0.1, 0.15) is 98.3 Å². The first-order valence-corrected chi connectivity index (χ1v) is 19.8. The zero-order valence-corrected chi connectivity index (χ0v) is 29.2. The summed E-state index contributed by atoms with van der Waals surface area (Å²) in [7, 11) is -3.68. The molecule has 0 heterocycles. The lowest BCUT2D eigenvalue weighted by molar-refractivity contribution is -0.203. The third-order valence-corrected chi connectivity index (χ3v) is 15.6. The molecule has 4 fully saturated rings. The van der Waals surface area contributed by atoms with E-state index < -0.39 is 15.6 Å². The second-order valence-electron chi connectivity index (χ2n) is 16.2. The minimum absolute atomic E-state index is 0.191. The molecular weight excluding hydrogens is 593 g/mol. The average Bonchev–Trinajstić information content (AvgIpc) is 3.39. The quantitative estimate of drug-likeness (QED) is 0.272. The molecular formula is C40H56O5S. The number of sulfone groups is 1. The molecule has 46 heavy (non-hydrogen) atoms. The van der Waals surface area contributed by atoms with E-state index in [0.717, 1.165) is 43.2 Å². The van der Waals surface area contributed by atoms with Crippen LogP contribution >= 0.6 is 0 Å². The highest BCUT2D eigenvalue weighted by atomic mass is 32.2. The van der Waals surface area contributed by atoms with Crippen LogP contribution in [0.15, 0.2) is 59.5 Å². The van der Waals surface area contributed by atoms with Gasteiger partial charge < -0.3 is 10.2 Å². The second kappa shape index (κ2) is 13.1. The number of aliphatic hydroxyl groups is 2. The third-order valence-electron chi connectivity index (χ3n) is 13.9. The number of hydrogen-bond donors (Lipinski definition) is 2. The van der Waals surface area contributed by atoms with E-state index in [1.54, 1.807) is 12.1 Å². The predicted molar refractivity (Wildman–Crippen MR) is 184 cm³/mol. The maximum Gasteiger partial charge on any atom is 0.185 e. The van der Waals surface area contributed by atoms with Gasteiger partial charge in [0, 0.05) is 6.42 Å². The summed E-state index contributed by atoms with van der Waals surface area (Å²) >= 11 is 0. The number of rotatable bonds is 10. The standard InChI is InChI=1S/C40H56O5S/c1-5-32-36-24-29(41)20-22-40(36,4)35-21-23-39(3)33(18-19-34(39)37(35)38(32)43)26(2)10-9-13-30(42)25-46(44,45)31-16-14-28(15-17-31)27-11-7-6-8-12-27/h6-8,11-12,14-17,26,29,32-38,41,43H,5,9-10,13,18-25H2,1-4H3/t26-,29-,32-,33-,34+,35+,36+,37+,38-,39-,40-/m1/s1. The number of Topliss-reactive ketones (excluding diaryl/α,β-unsaturated/α-hetero) is 1. The molecule has 0 unspecified atom stereocenters. The van der Waals surface area contributed by atoms with Gasteiger partial charge in [0.2, 0.25) is 0 Å². The number of hydrogen-bond acceptors (Lipinski definition) is 5. The minimum Gasteiger partial charge on any atom is -0.393 e. The lowest BCUT2D eigenvalue weighted by Crippen LogP contribution is -2.62. The Bertz CT molecular complexity index is 1470. The topological polar surface area (TPSA) is 91.7 Å². The molecule has 2 aromatic carbocycles. The van der Waals surface area contributed by atoms with Gasteiger partial charge in [-0.05, 0) is 127 Å². The Morgan fingerprint density at radius 1 is 0.870 bits per heavy atom. The highest BCUT2D eigenvalue weighted by Crippen LogP contribution is 2.69. The Hall–Kier alpha value is -2.02. The summed E-state index contributed by atoms with van der Waals surface area (Å²) in [5.41, 5.74) is 2.38. The first-order chi connectivity index (χ1) is 21.9. The van der Waals surface area contributed by atoms with Crippen molar-refractivity contribution in [2.45, 2.75) is 115 Å². The molecule has 6 heteroatoms. The number of benzene rings is 2. The maximum absolute atomic E-state index is 13.1. The van der Waals surface area contributed by atoms with Crippen LogP contribution in [0.25, 0.3) is 11.1 Å². The van der Waals surface area contributed by atoms with Crippen LogP contribution in [0.3, 0.4) is 0 Å². The fourth-order valence-corrected chi connectivity index (χ4v) is 12.9. The molecule has 2 N–H and O–H groups in total. The summed E-state index contributed by atoms with van der Waals surface area (Å²) < 4.78 is 26.1. The first-order valence-electron chi connectivity index (χ1n) is 18.1. The van der Waals surface area contributed by atoms with Gasteiger partial charge in [0.15, 0.2) is 9.84 Å². The molecule has 2 aromatic rings. The smallest absolute Gasteiger partial charge is 0.185 e. The molecule has 0 aliphatic heterocycles. The fraction of sp³-hybridized carbons (Fsp3) is 0.675. The van der Waals surface area contributed by atoms with Crippen molar-refractivity contribution in [1.29, 1.82) is 0 Å². The summed E-state index contributed by atoms with van der Waals surface area (Å²) in [6.07, 6.45) is 9.94. The van der Waals surface area contributed by atoms with Crippen LogP contribution in [-0.2, 0) is 14.6 Å².